The molecule has 0 aliphatic heterocycles. The molecule has 0 aliphatic carbocycles. The number of hydrogen-bond acceptors (Lipinski definition) is 2. The standard InChI is InChI=1S/C24H26N3.BrH/c1-25(2)18-11-13-20-22(15-18)27(5)23-16-19(26(3)4)12-14-21(23)24(20)17-9-7-6-8-10-17;/h6-16H,1-5H3;1H/q+1;/p-1. The van der Waals surface area contributed by atoms with Crippen molar-refractivity contribution in [2.24, 2.45) is 7.05 Å². The minimum Gasteiger partial charge on any atom is -1.00 e. The Morgan fingerprint density at radius 2 is 1.11 bits per heavy atom. The van der Waals surface area contributed by atoms with Crippen LogP contribution in [0.1, 0.15) is 0 Å². The maximum absolute atomic E-state index is 2.32. The normalized spacial score (nSPS) is 10.8. The fraction of sp³-hybridized carbons (Fsp3) is 0.208. The minimum absolute atomic E-state index is 0. The zero-order valence-electron chi connectivity index (χ0n) is 17.1. The van der Waals surface area contributed by atoms with E-state index in [2.05, 4.69) is 116 Å². The van der Waals surface area contributed by atoms with Crippen LogP contribution in [-0.4, -0.2) is 28.2 Å². The van der Waals surface area contributed by atoms with E-state index in [4.69, 9.17) is 0 Å². The van der Waals surface area contributed by atoms with Crippen LogP contribution < -0.4 is 31.3 Å². The molecule has 0 atom stereocenters. The summed E-state index contributed by atoms with van der Waals surface area (Å²) in [7, 11) is 10.5. The Morgan fingerprint density at radius 1 is 0.643 bits per heavy atom. The monoisotopic (exact) mass is 435 g/mol. The summed E-state index contributed by atoms with van der Waals surface area (Å²) in [5, 5.41) is 2.55. The SMILES string of the molecule is CN(C)c1ccc2c(-c3ccccc3)c3ccc(N(C)C)cc3[n+](C)c2c1.[Br-]. The number of aryl methyl sites for hydroxylation is 1. The topological polar surface area (TPSA) is 10.4 Å². The van der Waals surface area contributed by atoms with E-state index in [-0.39, 0.29) is 17.0 Å². The highest BCUT2D eigenvalue weighted by Gasteiger charge is 2.20. The molecule has 0 N–H and O–H groups in total. The Kier molecular flexibility index (Phi) is 5.61. The molecule has 4 heteroatoms. The van der Waals surface area contributed by atoms with E-state index in [0.717, 1.165) is 0 Å². The molecular formula is C24H26BrN3. The second-order valence-electron chi connectivity index (χ2n) is 7.49. The summed E-state index contributed by atoms with van der Waals surface area (Å²) in [6.07, 6.45) is 0. The van der Waals surface area contributed by atoms with Crippen molar-refractivity contribution < 1.29 is 21.5 Å². The summed E-state index contributed by atoms with van der Waals surface area (Å²) in [5.41, 5.74) is 7.45. The lowest BCUT2D eigenvalue weighted by Gasteiger charge is -2.17. The number of aromatic nitrogens is 1. The van der Waals surface area contributed by atoms with E-state index in [1.54, 1.807) is 0 Å². The number of benzene rings is 3. The quantitative estimate of drug-likeness (QED) is 0.357. The first-order valence-corrected chi connectivity index (χ1v) is 9.27. The van der Waals surface area contributed by atoms with Crippen LogP contribution in [0.5, 0.6) is 0 Å². The third kappa shape index (κ3) is 3.33. The van der Waals surface area contributed by atoms with Crippen molar-refractivity contribution in [3.8, 4) is 11.1 Å². The minimum atomic E-state index is 0. The Morgan fingerprint density at radius 3 is 1.54 bits per heavy atom. The second kappa shape index (κ2) is 7.80. The first-order valence-electron chi connectivity index (χ1n) is 9.27. The summed E-state index contributed by atoms with van der Waals surface area (Å²) >= 11 is 0. The van der Waals surface area contributed by atoms with E-state index >= 15 is 0 Å². The lowest BCUT2D eigenvalue weighted by molar-refractivity contribution is -0.617. The van der Waals surface area contributed by atoms with Gasteiger partial charge >= 0.3 is 0 Å². The zero-order chi connectivity index (χ0) is 19.1. The van der Waals surface area contributed by atoms with Gasteiger partial charge in [-0.15, -0.1) is 0 Å². The van der Waals surface area contributed by atoms with E-state index in [9.17, 15) is 0 Å². The molecule has 0 spiro atoms. The molecular weight excluding hydrogens is 410 g/mol. The zero-order valence-corrected chi connectivity index (χ0v) is 18.7. The maximum Gasteiger partial charge on any atom is 0.215 e. The van der Waals surface area contributed by atoms with Gasteiger partial charge in [0, 0.05) is 57.3 Å². The van der Waals surface area contributed by atoms with Gasteiger partial charge in [-0.3, -0.25) is 0 Å². The summed E-state index contributed by atoms with van der Waals surface area (Å²) in [6.45, 7) is 0. The van der Waals surface area contributed by atoms with Crippen molar-refractivity contribution in [3.63, 3.8) is 0 Å². The third-order valence-electron chi connectivity index (χ3n) is 5.32. The van der Waals surface area contributed by atoms with Gasteiger partial charge in [0.15, 0.2) is 0 Å². The molecule has 4 aromatic rings. The van der Waals surface area contributed by atoms with E-state index in [0.29, 0.717) is 0 Å². The van der Waals surface area contributed by atoms with Gasteiger partial charge in [-0.25, -0.2) is 0 Å². The lowest BCUT2D eigenvalue weighted by atomic mass is 9.95. The Labute approximate surface area is 177 Å². The van der Waals surface area contributed by atoms with Gasteiger partial charge in [-0.2, -0.15) is 4.57 Å². The van der Waals surface area contributed by atoms with Crippen LogP contribution in [0.25, 0.3) is 32.9 Å². The highest BCUT2D eigenvalue weighted by Crippen LogP contribution is 2.36. The summed E-state index contributed by atoms with van der Waals surface area (Å²) in [6, 6.07) is 24.2. The van der Waals surface area contributed by atoms with E-state index < -0.39 is 0 Å². The number of fused-ring (bicyclic) bond motifs is 2. The highest BCUT2D eigenvalue weighted by atomic mass is 79.9. The Hall–Kier alpha value is -2.59. The lowest BCUT2D eigenvalue weighted by Crippen LogP contribution is -3.00. The van der Waals surface area contributed by atoms with Gasteiger partial charge in [0.2, 0.25) is 11.0 Å². The highest BCUT2D eigenvalue weighted by molar-refractivity contribution is 6.08. The van der Waals surface area contributed by atoms with Gasteiger partial charge in [0.1, 0.15) is 7.05 Å². The first-order chi connectivity index (χ1) is 13.0. The number of halogens is 1. The Balaban J connectivity index is 0.00000225. The molecule has 0 amide bonds. The molecule has 0 saturated carbocycles. The third-order valence-corrected chi connectivity index (χ3v) is 5.32. The van der Waals surface area contributed by atoms with Crippen LogP contribution in [0, 0.1) is 0 Å². The molecule has 1 heterocycles. The van der Waals surface area contributed by atoms with Crippen molar-refractivity contribution in [1.29, 1.82) is 0 Å². The number of pyridine rings is 1. The van der Waals surface area contributed by atoms with Gasteiger partial charge in [-0.1, -0.05) is 30.3 Å². The van der Waals surface area contributed by atoms with Gasteiger partial charge in [0.05, 0.1) is 10.8 Å². The van der Waals surface area contributed by atoms with Crippen LogP contribution in [0.3, 0.4) is 0 Å². The predicted molar refractivity (Wildman–Crippen MR) is 117 cm³/mol. The molecule has 0 unspecified atom stereocenters. The molecule has 1 aromatic heterocycles. The maximum atomic E-state index is 2.32. The molecule has 144 valence electrons. The molecule has 0 radical (unpaired) electrons. The van der Waals surface area contributed by atoms with Crippen molar-refractivity contribution in [3.05, 3.63) is 66.7 Å². The van der Waals surface area contributed by atoms with Crippen LogP contribution >= 0.6 is 0 Å². The smallest absolute Gasteiger partial charge is 0.215 e. The summed E-state index contributed by atoms with van der Waals surface area (Å²) in [4.78, 5) is 4.31. The average Bonchev–Trinajstić information content (AvgIpc) is 2.68. The van der Waals surface area contributed by atoms with Crippen molar-refractivity contribution in [1.82, 2.24) is 0 Å². The number of anilines is 2. The van der Waals surface area contributed by atoms with E-state index in [1.165, 1.54) is 44.3 Å². The van der Waals surface area contributed by atoms with Gasteiger partial charge in [0.25, 0.3) is 0 Å². The first kappa shape index (κ1) is 20.2. The van der Waals surface area contributed by atoms with Gasteiger partial charge < -0.3 is 26.8 Å². The van der Waals surface area contributed by atoms with Crippen LogP contribution in [0.15, 0.2) is 66.7 Å². The predicted octanol–water partition coefficient (Wildman–Crippen LogP) is 1.62. The van der Waals surface area contributed by atoms with Crippen LogP contribution in [0.4, 0.5) is 11.4 Å². The molecule has 3 nitrogen and oxygen atoms in total. The van der Waals surface area contributed by atoms with Gasteiger partial charge in [-0.05, 0) is 29.8 Å². The molecule has 0 bridgehead atoms. The van der Waals surface area contributed by atoms with Crippen molar-refractivity contribution >= 4 is 33.2 Å². The number of nitrogens with zero attached hydrogens (tertiary/aromatic N) is 3. The summed E-state index contributed by atoms with van der Waals surface area (Å²) < 4.78 is 2.32. The van der Waals surface area contributed by atoms with Crippen molar-refractivity contribution in [2.75, 3.05) is 38.0 Å². The second-order valence-corrected chi connectivity index (χ2v) is 7.49. The van der Waals surface area contributed by atoms with Crippen LogP contribution in [-0.2, 0) is 7.05 Å². The Bertz CT molecular complexity index is 1070. The fourth-order valence-electron chi connectivity index (χ4n) is 3.76. The van der Waals surface area contributed by atoms with Crippen molar-refractivity contribution in [2.45, 2.75) is 0 Å². The number of hydrogen-bond donors (Lipinski definition) is 0. The van der Waals surface area contributed by atoms with Crippen LogP contribution in [0.2, 0.25) is 0 Å². The molecule has 3 aromatic carbocycles. The molecule has 0 saturated heterocycles. The molecule has 0 aliphatic rings. The largest absolute Gasteiger partial charge is 1.00 e. The number of rotatable bonds is 3. The molecule has 4 rings (SSSR count). The van der Waals surface area contributed by atoms with E-state index in [1.807, 2.05) is 0 Å². The average molecular weight is 436 g/mol. The summed E-state index contributed by atoms with van der Waals surface area (Å²) in [5.74, 6) is 0. The molecule has 0 fully saturated rings. The fourth-order valence-corrected chi connectivity index (χ4v) is 3.76. The molecule has 28 heavy (non-hydrogen) atoms.